The zero-order chi connectivity index (χ0) is 11.7. The molecule has 1 aliphatic rings. The van der Waals surface area contributed by atoms with Crippen LogP contribution in [0, 0.1) is 12.8 Å². The molecule has 3 N–H and O–H groups in total. The summed E-state index contributed by atoms with van der Waals surface area (Å²) in [5.41, 5.74) is 5.03. The van der Waals surface area contributed by atoms with Crippen molar-refractivity contribution >= 4 is 5.82 Å². The van der Waals surface area contributed by atoms with Gasteiger partial charge in [0.2, 0.25) is 0 Å². The Bertz CT molecular complexity index is 371. The molecule has 5 nitrogen and oxygen atoms in total. The van der Waals surface area contributed by atoms with Gasteiger partial charge in [-0.15, -0.1) is 0 Å². The quantitative estimate of drug-likeness (QED) is 0.589. The van der Waals surface area contributed by atoms with E-state index in [2.05, 4.69) is 22.3 Å². The molecule has 1 aromatic heterocycles. The minimum absolute atomic E-state index is 0.811. The molecule has 0 spiro atoms. The van der Waals surface area contributed by atoms with E-state index in [1.54, 1.807) is 0 Å². The molecule has 1 aliphatic heterocycles. The summed E-state index contributed by atoms with van der Waals surface area (Å²) >= 11 is 0. The van der Waals surface area contributed by atoms with E-state index in [9.17, 15) is 0 Å². The van der Waals surface area contributed by atoms with Gasteiger partial charge in [-0.1, -0.05) is 6.92 Å². The first-order valence-corrected chi connectivity index (χ1v) is 5.83. The van der Waals surface area contributed by atoms with Crippen molar-refractivity contribution in [1.29, 1.82) is 0 Å². The molecule has 0 saturated carbocycles. The number of aromatic nitrogens is 2. The molecule has 5 heteroatoms. The summed E-state index contributed by atoms with van der Waals surface area (Å²) in [6, 6.07) is 0. The van der Waals surface area contributed by atoms with Crippen molar-refractivity contribution in [3.05, 3.63) is 11.3 Å². The molecule has 1 fully saturated rings. The van der Waals surface area contributed by atoms with Crippen molar-refractivity contribution < 1.29 is 0 Å². The molecule has 1 saturated heterocycles. The van der Waals surface area contributed by atoms with Crippen LogP contribution in [-0.2, 0) is 13.6 Å². The van der Waals surface area contributed by atoms with Gasteiger partial charge in [-0.05, 0) is 25.8 Å². The molecule has 1 aromatic rings. The number of rotatable bonds is 3. The molecule has 0 bridgehead atoms. The van der Waals surface area contributed by atoms with Gasteiger partial charge in [0.25, 0.3) is 0 Å². The van der Waals surface area contributed by atoms with Gasteiger partial charge in [0.15, 0.2) is 0 Å². The molecular formula is C11H21N5. The van der Waals surface area contributed by atoms with Crippen LogP contribution in [0.2, 0.25) is 0 Å². The van der Waals surface area contributed by atoms with Crippen molar-refractivity contribution in [3.63, 3.8) is 0 Å². The average Bonchev–Trinajstić information content (AvgIpc) is 2.73. The third-order valence-corrected chi connectivity index (χ3v) is 3.37. The SMILES string of the molecule is Cc1nn(C)c(NN)c1CN1CCC(C)C1. The Hall–Kier alpha value is -1.07. The molecule has 2 rings (SSSR count). The summed E-state index contributed by atoms with van der Waals surface area (Å²) in [6.45, 7) is 7.65. The van der Waals surface area contributed by atoms with Gasteiger partial charge in [-0.25, -0.2) is 5.84 Å². The van der Waals surface area contributed by atoms with Crippen LogP contribution in [0.1, 0.15) is 24.6 Å². The van der Waals surface area contributed by atoms with E-state index >= 15 is 0 Å². The van der Waals surface area contributed by atoms with E-state index in [4.69, 9.17) is 5.84 Å². The smallest absolute Gasteiger partial charge is 0.142 e. The number of nitrogens with one attached hydrogen (secondary N) is 1. The van der Waals surface area contributed by atoms with Crippen LogP contribution in [0.5, 0.6) is 0 Å². The first-order valence-electron chi connectivity index (χ1n) is 5.83. The Kier molecular flexibility index (Phi) is 3.16. The predicted octanol–water partition coefficient (Wildman–Crippen LogP) is 0.856. The van der Waals surface area contributed by atoms with Gasteiger partial charge >= 0.3 is 0 Å². The Morgan fingerprint density at radius 3 is 2.88 bits per heavy atom. The zero-order valence-electron chi connectivity index (χ0n) is 10.3. The van der Waals surface area contributed by atoms with Gasteiger partial charge in [-0.3, -0.25) is 9.58 Å². The van der Waals surface area contributed by atoms with E-state index in [0.29, 0.717) is 0 Å². The van der Waals surface area contributed by atoms with Crippen molar-refractivity contribution in [1.82, 2.24) is 14.7 Å². The summed E-state index contributed by atoms with van der Waals surface area (Å²) in [5.74, 6) is 7.28. The molecule has 0 aromatic carbocycles. The fraction of sp³-hybridized carbons (Fsp3) is 0.727. The van der Waals surface area contributed by atoms with Crippen LogP contribution in [0.15, 0.2) is 0 Å². The maximum absolute atomic E-state index is 5.54. The second-order valence-electron chi connectivity index (χ2n) is 4.81. The molecule has 16 heavy (non-hydrogen) atoms. The highest BCUT2D eigenvalue weighted by Crippen LogP contribution is 2.23. The summed E-state index contributed by atoms with van der Waals surface area (Å²) in [7, 11) is 1.91. The number of nitrogen functional groups attached to an aromatic ring is 1. The number of hydrogen-bond donors (Lipinski definition) is 2. The lowest BCUT2D eigenvalue weighted by atomic mass is 10.2. The van der Waals surface area contributed by atoms with E-state index < -0.39 is 0 Å². The number of hydrogen-bond acceptors (Lipinski definition) is 4. The van der Waals surface area contributed by atoms with Crippen molar-refractivity contribution in [2.24, 2.45) is 18.8 Å². The van der Waals surface area contributed by atoms with E-state index in [1.807, 2.05) is 18.7 Å². The van der Waals surface area contributed by atoms with Gasteiger partial charge in [0.1, 0.15) is 5.82 Å². The number of anilines is 1. The van der Waals surface area contributed by atoms with Crippen LogP contribution in [0.25, 0.3) is 0 Å². The van der Waals surface area contributed by atoms with Crippen molar-refractivity contribution in [2.75, 3.05) is 18.5 Å². The van der Waals surface area contributed by atoms with Crippen LogP contribution >= 0.6 is 0 Å². The van der Waals surface area contributed by atoms with E-state index in [-0.39, 0.29) is 0 Å². The molecule has 1 unspecified atom stereocenters. The summed E-state index contributed by atoms with van der Waals surface area (Å²) < 4.78 is 1.81. The second-order valence-corrected chi connectivity index (χ2v) is 4.81. The van der Waals surface area contributed by atoms with Crippen LogP contribution < -0.4 is 11.3 Å². The van der Waals surface area contributed by atoms with E-state index in [1.165, 1.54) is 25.1 Å². The third-order valence-electron chi connectivity index (χ3n) is 3.37. The fourth-order valence-electron chi connectivity index (χ4n) is 2.47. The molecular weight excluding hydrogens is 202 g/mol. The highest BCUT2D eigenvalue weighted by molar-refractivity contribution is 5.46. The Labute approximate surface area is 96.6 Å². The van der Waals surface area contributed by atoms with Crippen molar-refractivity contribution in [2.45, 2.75) is 26.8 Å². The lowest BCUT2D eigenvalue weighted by molar-refractivity contribution is 0.320. The molecule has 1 atom stereocenters. The number of hydrazine groups is 1. The predicted molar refractivity (Wildman–Crippen MR) is 64.8 cm³/mol. The van der Waals surface area contributed by atoms with Gasteiger partial charge < -0.3 is 5.43 Å². The summed E-state index contributed by atoms with van der Waals surface area (Å²) in [5, 5.41) is 4.39. The maximum Gasteiger partial charge on any atom is 0.142 e. The molecule has 0 radical (unpaired) electrons. The highest BCUT2D eigenvalue weighted by Gasteiger charge is 2.22. The van der Waals surface area contributed by atoms with Crippen LogP contribution in [-0.4, -0.2) is 27.8 Å². The lowest BCUT2D eigenvalue weighted by Gasteiger charge is -2.16. The maximum atomic E-state index is 5.54. The molecule has 90 valence electrons. The zero-order valence-corrected chi connectivity index (χ0v) is 10.3. The Balaban J connectivity index is 2.14. The normalized spacial score (nSPS) is 21.6. The van der Waals surface area contributed by atoms with Crippen molar-refractivity contribution in [3.8, 4) is 0 Å². The summed E-state index contributed by atoms with van der Waals surface area (Å²) in [6.07, 6.45) is 1.30. The molecule has 0 aliphatic carbocycles. The molecule has 2 heterocycles. The molecule has 0 amide bonds. The second kappa shape index (κ2) is 4.43. The average molecular weight is 223 g/mol. The van der Waals surface area contributed by atoms with Crippen LogP contribution in [0.4, 0.5) is 5.82 Å². The van der Waals surface area contributed by atoms with Gasteiger partial charge in [0, 0.05) is 25.7 Å². The Morgan fingerprint density at radius 2 is 2.31 bits per heavy atom. The van der Waals surface area contributed by atoms with Gasteiger partial charge in [-0.2, -0.15) is 5.10 Å². The number of nitrogens with zero attached hydrogens (tertiary/aromatic N) is 3. The first-order chi connectivity index (χ1) is 7.61. The number of aryl methyl sites for hydroxylation is 2. The number of nitrogens with two attached hydrogens (primary N) is 1. The minimum atomic E-state index is 0.811. The first kappa shape index (κ1) is 11.4. The van der Waals surface area contributed by atoms with Crippen LogP contribution in [0.3, 0.4) is 0 Å². The Morgan fingerprint density at radius 1 is 1.56 bits per heavy atom. The number of likely N-dealkylation sites (tertiary alicyclic amines) is 1. The van der Waals surface area contributed by atoms with E-state index in [0.717, 1.165) is 24.0 Å². The summed E-state index contributed by atoms with van der Waals surface area (Å²) in [4.78, 5) is 2.47. The topological polar surface area (TPSA) is 59.1 Å². The fourth-order valence-corrected chi connectivity index (χ4v) is 2.47. The lowest BCUT2D eigenvalue weighted by Crippen LogP contribution is -2.21. The minimum Gasteiger partial charge on any atom is -0.308 e. The monoisotopic (exact) mass is 223 g/mol. The standard InChI is InChI=1S/C11H21N5/c1-8-4-5-16(6-8)7-10-9(2)14-15(3)11(10)13-12/h8,13H,4-7,12H2,1-3H3. The highest BCUT2D eigenvalue weighted by atomic mass is 15.4. The van der Waals surface area contributed by atoms with Gasteiger partial charge in [0.05, 0.1) is 5.69 Å². The largest absolute Gasteiger partial charge is 0.308 e. The third kappa shape index (κ3) is 2.05.